The summed E-state index contributed by atoms with van der Waals surface area (Å²) in [4.78, 5) is 10.5. The third kappa shape index (κ3) is 1.94. The van der Waals surface area contributed by atoms with Crippen LogP contribution in [0.3, 0.4) is 0 Å². The molecule has 1 heterocycles. The minimum atomic E-state index is -0.510. The van der Waals surface area contributed by atoms with Gasteiger partial charge in [-0.2, -0.15) is 0 Å². The highest BCUT2D eigenvalue weighted by molar-refractivity contribution is 7.20. The van der Waals surface area contributed by atoms with E-state index in [1.165, 1.54) is 29.5 Å². The molecule has 0 saturated heterocycles. The first-order chi connectivity index (χ1) is 7.58. The topological polar surface area (TPSA) is 43.1 Å². The van der Waals surface area contributed by atoms with Crippen LogP contribution in [0.15, 0.2) is 24.4 Å². The molecule has 3 nitrogen and oxygen atoms in total. The number of nitro groups is 1. The fourth-order valence-corrected chi connectivity index (χ4v) is 2.59. The second-order valence-corrected chi connectivity index (χ2v) is 4.42. The summed E-state index contributed by atoms with van der Waals surface area (Å²) in [6.07, 6.45) is 2.34. The monoisotopic (exact) mass is 237 g/mol. The number of aryl methyl sites for hydroxylation is 1. The first kappa shape index (κ1) is 10.8. The van der Waals surface area contributed by atoms with E-state index in [1.54, 1.807) is 6.07 Å². The highest BCUT2D eigenvalue weighted by Crippen LogP contribution is 2.32. The molecule has 5 heteroatoms. The van der Waals surface area contributed by atoms with Gasteiger partial charge in [0.15, 0.2) is 0 Å². The molecule has 2 aromatic rings. The Hall–Kier alpha value is -1.75. The number of halogens is 1. The van der Waals surface area contributed by atoms with Gasteiger partial charge in [-0.15, -0.1) is 11.3 Å². The molecule has 0 saturated carbocycles. The van der Waals surface area contributed by atoms with Crippen LogP contribution >= 0.6 is 11.3 Å². The highest BCUT2D eigenvalue weighted by atomic mass is 32.1. The lowest BCUT2D eigenvalue weighted by Crippen LogP contribution is -1.81. The van der Waals surface area contributed by atoms with Crippen LogP contribution in [0.25, 0.3) is 16.2 Å². The molecule has 0 N–H and O–H groups in total. The molecule has 16 heavy (non-hydrogen) atoms. The van der Waals surface area contributed by atoms with Gasteiger partial charge in [-0.25, -0.2) is 4.39 Å². The molecule has 0 unspecified atom stereocenters. The number of thiophene rings is 1. The summed E-state index contributed by atoms with van der Waals surface area (Å²) < 4.78 is 14.0. The molecule has 0 fully saturated rings. The second-order valence-electron chi connectivity index (χ2n) is 3.33. The summed E-state index contributed by atoms with van der Waals surface area (Å²) >= 11 is 1.42. The lowest BCUT2D eigenvalue weighted by atomic mass is 10.1. The molecule has 0 spiro atoms. The average Bonchev–Trinajstić information content (AvgIpc) is 2.53. The van der Waals surface area contributed by atoms with Crippen LogP contribution in [-0.2, 0) is 0 Å². The predicted octanol–water partition coefficient (Wildman–Crippen LogP) is 3.60. The van der Waals surface area contributed by atoms with Crippen molar-refractivity contribution in [2.24, 2.45) is 0 Å². The average molecular weight is 237 g/mol. The maximum atomic E-state index is 13.0. The third-order valence-corrected chi connectivity index (χ3v) is 3.52. The summed E-state index contributed by atoms with van der Waals surface area (Å²) in [7, 11) is 0. The largest absolute Gasteiger partial charge is 0.259 e. The van der Waals surface area contributed by atoms with Crippen LogP contribution in [0.5, 0.6) is 0 Å². The van der Waals surface area contributed by atoms with Crippen molar-refractivity contribution in [3.05, 3.63) is 50.8 Å². The lowest BCUT2D eigenvalue weighted by Gasteiger charge is -1.91. The van der Waals surface area contributed by atoms with E-state index in [9.17, 15) is 14.5 Å². The zero-order chi connectivity index (χ0) is 11.7. The third-order valence-electron chi connectivity index (χ3n) is 2.28. The smallest absolute Gasteiger partial charge is 0.235 e. The van der Waals surface area contributed by atoms with Crippen LogP contribution in [0.2, 0.25) is 0 Å². The Morgan fingerprint density at radius 2 is 2.25 bits per heavy atom. The summed E-state index contributed by atoms with van der Waals surface area (Å²) in [6, 6.07) is 4.52. The van der Waals surface area contributed by atoms with E-state index in [1.807, 2.05) is 6.92 Å². The van der Waals surface area contributed by atoms with Gasteiger partial charge in [-0.05, 0) is 36.1 Å². The van der Waals surface area contributed by atoms with E-state index in [4.69, 9.17) is 0 Å². The summed E-state index contributed by atoms with van der Waals surface area (Å²) in [5.74, 6) is -0.293. The zero-order valence-corrected chi connectivity index (χ0v) is 9.25. The Kier molecular flexibility index (Phi) is 2.70. The zero-order valence-electron chi connectivity index (χ0n) is 8.44. The molecular weight excluding hydrogens is 229 g/mol. The number of fused-ring (bicyclic) bond motifs is 1. The van der Waals surface area contributed by atoms with Gasteiger partial charge in [-0.1, -0.05) is 0 Å². The molecule has 0 bridgehead atoms. The maximum Gasteiger partial charge on any atom is 0.235 e. The van der Waals surface area contributed by atoms with Gasteiger partial charge in [0.1, 0.15) is 5.82 Å². The highest BCUT2D eigenvalue weighted by Gasteiger charge is 2.07. The fraction of sp³-hybridized carbons (Fsp3) is 0.0909. The van der Waals surface area contributed by atoms with Gasteiger partial charge in [0.05, 0.1) is 4.92 Å². The van der Waals surface area contributed by atoms with Gasteiger partial charge in [0, 0.05) is 15.7 Å². The molecular formula is C11H8FNO2S. The first-order valence-electron chi connectivity index (χ1n) is 4.58. The predicted molar refractivity (Wildman–Crippen MR) is 62.5 cm³/mol. The lowest BCUT2D eigenvalue weighted by molar-refractivity contribution is -0.400. The van der Waals surface area contributed by atoms with E-state index in [2.05, 4.69) is 0 Å². The van der Waals surface area contributed by atoms with Crippen molar-refractivity contribution in [3.8, 4) is 0 Å². The Bertz CT molecular complexity index is 589. The van der Waals surface area contributed by atoms with E-state index in [-0.39, 0.29) is 5.82 Å². The Morgan fingerprint density at radius 1 is 1.50 bits per heavy atom. The second kappa shape index (κ2) is 4.02. The fourth-order valence-electron chi connectivity index (χ4n) is 1.50. The summed E-state index contributed by atoms with van der Waals surface area (Å²) in [5.41, 5.74) is 0.873. The molecule has 0 aliphatic carbocycles. The quantitative estimate of drug-likeness (QED) is 0.591. The number of hydrogen-bond acceptors (Lipinski definition) is 3. The molecule has 1 aromatic heterocycles. The standard InChI is InChI=1S/C11H8FNO2S/c1-7-9-6-8(12)2-3-11(9)16-10(7)4-5-13(14)15/h2-6H,1H3/b5-4+. The Balaban J connectivity index is 2.56. The SMILES string of the molecule is Cc1c(/C=C/[N+](=O)[O-])sc2ccc(F)cc12. The molecule has 1 aromatic carbocycles. The normalized spacial score (nSPS) is 11.4. The van der Waals surface area contributed by atoms with Gasteiger partial charge in [0.25, 0.3) is 0 Å². The van der Waals surface area contributed by atoms with Crippen LogP contribution in [-0.4, -0.2) is 4.92 Å². The first-order valence-corrected chi connectivity index (χ1v) is 5.40. The maximum absolute atomic E-state index is 13.0. The minimum Gasteiger partial charge on any atom is -0.259 e. The van der Waals surface area contributed by atoms with Crippen LogP contribution in [0.4, 0.5) is 4.39 Å². The van der Waals surface area contributed by atoms with Crippen molar-refractivity contribution in [1.82, 2.24) is 0 Å². The van der Waals surface area contributed by atoms with Crippen LogP contribution in [0, 0.1) is 22.9 Å². The Labute approximate surface area is 95.0 Å². The summed E-state index contributed by atoms with van der Waals surface area (Å²) in [5, 5.41) is 11.0. The molecule has 0 amide bonds. The number of benzene rings is 1. The summed E-state index contributed by atoms with van der Waals surface area (Å²) in [6.45, 7) is 1.83. The van der Waals surface area contributed by atoms with Gasteiger partial charge >= 0.3 is 0 Å². The van der Waals surface area contributed by atoms with Gasteiger partial charge < -0.3 is 0 Å². The molecule has 82 valence electrons. The number of rotatable bonds is 2. The molecule has 0 radical (unpaired) electrons. The molecule has 0 atom stereocenters. The van der Waals surface area contributed by atoms with Crippen molar-refractivity contribution in [3.63, 3.8) is 0 Å². The van der Waals surface area contributed by atoms with E-state index >= 15 is 0 Å². The van der Waals surface area contributed by atoms with Gasteiger partial charge in [0.2, 0.25) is 6.20 Å². The van der Waals surface area contributed by atoms with Crippen molar-refractivity contribution in [2.75, 3.05) is 0 Å². The van der Waals surface area contributed by atoms with Crippen LogP contribution in [0.1, 0.15) is 10.4 Å². The Morgan fingerprint density at radius 3 is 2.94 bits per heavy atom. The minimum absolute atomic E-state index is 0.293. The molecule has 0 aliphatic heterocycles. The van der Waals surface area contributed by atoms with Crippen molar-refractivity contribution < 1.29 is 9.31 Å². The van der Waals surface area contributed by atoms with Crippen molar-refractivity contribution in [2.45, 2.75) is 6.92 Å². The van der Waals surface area contributed by atoms with Crippen LogP contribution < -0.4 is 0 Å². The molecule has 0 aliphatic rings. The number of nitrogens with zero attached hydrogens (tertiary/aromatic N) is 1. The molecule has 2 rings (SSSR count). The van der Waals surface area contributed by atoms with E-state index in [0.29, 0.717) is 0 Å². The number of hydrogen-bond donors (Lipinski definition) is 0. The van der Waals surface area contributed by atoms with Crippen molar-refractivity contribution >= 4 is 27.5 Å². The van der Waals surface area contributed by atoms with Gasteiger partial charge in [-0.3, -0.25) is 10.1 Å². The van der Waals surface area contributed by atoms with E-state index in [0.717, 1.165) is 26.7 Å². The van der Waals surface area contributed by atoms with Crippen molar-refractivity contribution in [1.29, 1.82) is 0 Å². The van der Waals surface area contributed by atoms with E-state index < -0.39 is 4.92 Å².